The topological polar surface area (TPSA) is 9.23 Å². The number of methoxy groups -OCH3 is 1. The number of rotatable bonds is 2. The van der Waals surface area contributed by atoms with E-state index >= 15 is 0 Å². The van der Waals surface area contributed by atoms with Crippen molar-refractivity contribution < 1.29 is 9.13 Å². The molecule has 0 bridgehead atoms. The van der Waals surface area contributed by atoms with E-state index in [0.29, 0.717) is 15.8 Å². The van der Waals surface area contributed by atoms with Crippen molar-refractivity contribution in [2.24, 2.45) is 0 Å². The summed E-state index contributed by atoms with van der Waals surface area (Å²) in [5.41, 5.74) is 0.462. The molecule has 0 aliphatic rings. The fraction of sp³-hybridized carbons (Fsp3) is 0.250. The van der Waals surface area contributed by atoms with Gasteiger partial charge in [0, 0.05) is 11.6 Å². The first-order valence-corrected chi connectivity index (χ1v) is 4.59. The first-order chi connectivity index (χ1) is 5.69. The highest BCUT2D eigenvalue weighted by molar-refractivity contribution is 9.10. The van der Waals surface area contributed by atoms with Crippen molar-refractivity contribution in [2.75, 3.05) is 7.11 Å². The summed E-state index contributed by atoms with van der Waals surface area (Å²) in [5.74, 6) is 0.292. The lowest BCUT2D eigenvalue weighted by Gasteiger charge is -2.05. The maximum atomic E-state index is 13.0. The molecule has 66 valence electrons. The summed E-state index contributed by atoms with van der Waals surface area (Å²) in [7, 11) is 1.49. The molecule has 0 aliphatic heterocycles. The molecule has 0 heterocycles. The minimum absolute atomic E-state index is 0.161. The largest absolute Gasteiger partial charge is 0.495 e. The number of hydrogen-bond acceptors (Lipinski definition) is 1. The zero-order valence-electron chi connectivity index (χ0n) is 6.40. The third kappa shape index (κ3) is 1.90. The van der Waals surface area contributed by atoms with Crippen LogP contribution in [-0.2, 0) is 5.88 Å². The quantitative estimate of drug-likeness (QED) is 0.735. The Kier molecular flexibility index (Phi) is 3.35. The van der Waals surface area contributed by atoms with Gasteiger partial charge in [0.15, 0.2) is 0 Å². The lowest BCUT2D eigenvalue weighted by atomic mass is 10.2. The van der Waals surface area contributed by atoms with Gasteiger partial charge < -0.3 is 4.74 Å². The van der Waals surface area contributed by atoms with Gasteiger partial charge in [0.1, 0.15) is 11.6 Å². The van der Waals surface area contributed by atoms with Crippen LogP contribution in [0.4, 0.5) is 4.39 Å². The van der Waals surface area contributed by atoms with Gasteiger partial charge in [-0.1, -0.05) is 0 Å². The van der Waals surface area contributed by atoms with Crippen molar-refractivity contribution in [1.82, 2.24) is 0 Å². The van der Waals surface area contributed by atoms with Crippen molar-refractivity contribution in [3.63, 3.8) is 0 Å². The van der Waals surface area contributed by atoms with Crippen LogP contribution in [0.25, 0.3) is 0 Å². The molecule has 0 unspecified atom stereocenters. The minimum atomic E-state index is -0.343. The number of ether oxygens (including phenoxy) is 1. The molecular weight excluding hydrogens is 246 g/mol. The molecule has 1 aromatic carbocycles. The zero-order chi connectivity index (χ0) is 9.14. The van der Waals surface area contributed by atoms with Crippen LogP contribution in [0.1, 0.15) is 5.56 Å². The lowest BCUT2D eigenvalue weighted by Crippen LogP contribution is -1.90. The maximum Gasteiger partial charge on any atom is 0.135 e. The first-order valence-electron chi connectivity index (χ1n) is 3.27. The van der Waals surface area contributed by atoms with Gasteiger partial charge in [-0.2, -0.15) is 0 Å². The Morgan fingerprint density at radius 1 is 1.58 bits per heavy atom. The van der Waals surface area contributed by atoms with Crippen LogP contribution < -0.4 is 4.74 Å². The zero-order valence-corrected chi connectivity index (χ0v) is 8.75. The normalized spacial score (nSPS) is 10.0. The molecule has 0 saturated carbocycles. The first kappa shape index (κ1) is 9.81. The molecule has 0 aromatic heterocycles. The van der Waals surface area contributed by atoms with Gasteiger partial charge in [0.05, 0.1) is 17.5 Å². The smallest absolute Gasteiger partial charge is 0.135 e. The minimum Gasteiger partial charge on any atom is -0.495 e. The van der Waals surface area contributed by atoms with Crippen molar-refractivity contribution >= 4 is 27.5 Å². The molecule has 4 heteroatoms. The Labute approximate surface area is 83.6 Å². The van der Waals surface area contributed by atoms with E-state index in [2.05, 4.69) is 15.9 Å². The predicted octanol–water partition coefficient (Wildman–Crippen LogP) is 3.34. The van der Waals surface area contributed by atoms with Crippen LogP contribution in [0.3, 0.4) is 0 Å². The highest BCUT2D eigenvalue weighted by Gasteiger charge is 2.06. The maximum absolute atomic E-state index is 13.0. The fourth-order valence-electron chi connectivity index (χ4n) is 0.829. The Morgan fingerprint density at radius 3 is 2.75 bits per heavy atom. The molecule has 0 spiro atoms. The Balaban J connectivity index is 3.16. The number of alkyl halides is 1. The molecule has 1 nitrogen and oxygen atoms in total. The van der Waals surface area contributed by atoms with Crippen molar-refractivity contribution in [1.29, 1.82) is 0 Å². The SMILES string of the molecule is COc1cc(F)c(CCl)cc1Br. The molecule has 1 aromatic rings. The Bertz CT molecular complexity index is 261. The number of hydrogen-bond donors (Lipinski definition) is 0. The molecule has 0 aliphatic carbocycles. The summed E-state index contributed by atoms with van der Waals surface area (Å²) in [6.07, 6.45) is 0. The van der Waals surface area contributed by atoms with Gasteiger partial charge in [-0.25, -0.2) is 4.39 Å². The molecule has 0 amide bonds. The van der Waals surface area contributed by atoms with Gasteiger partial charge in [-0.15, -0.1) is 11.6 Å². The number of halogens is 3. The standard InChI is InChI=1S/C8H7BrClFO/c1-12-8-3-7(11)5(4-10)2-6(8)9/h2-3H,4H2,1H3. The second-order valence-electron chi connectivity index (χ2n) is 2.21. The monoisotopic (exact) mass is 252 g/mol. The second kappa shape index (κ2) is 4.10. The molecule has 0 N–H and O–H groups in total. The van der Waals surface area contributed by atoms with Crippen LogP contribution in [0.2, 0.25) is 0 Å². The third-order valence-electron chi connectivity index (χ3n) is 1.46. The van der Waals surface area contributed by atoms with E-state index in [0.717, 1.165) is 0 Å². The highest BCUT2D eigenvalue weighted by atomic mass is 79.9. The summed E-state index contributed by atoms with van der Waals surface area (Å²) in [5, 5.41) is 0. The Hall–Kier alpha value is -0.280. The van der Waals surface area contributed by atoms with Gasteiger partial charge in [-0.3, -0.25) is 0 Å². The highest BCUT2D eigenvalue weighted by Crippen LogP contribution is 2.28. The lowest BCUT2D eigenvalue weighted by molar-refractivity contribution is 0.408. The average Bonchev–Trinajstić information content (AvgIpc) is 2.08. The van der Waals surface area contributed by atoms with Crippen LogP contribution in [0.15, 0.2) is 16.6 Å². The van der Waals surface area contributed by atoms with E-state index < -0.39 is 0 Å². The Morgan fingerprint density at radius 2 is 2.25 bits per heavy atom. The van der Waals surface area contributed by atoms with E-state index in [1.807, 2.05) is 0 Å². The summed E-state index contributed by atoms with van der Waals surface area (Å²) < 4.78 is 18.6. The van der Waals surface area contributed by atoms with E-state index in [-0.39, 0.29) is 11.7 Å². The van der Waals surface area contributed by atoms with Gasteiger partial charge in [0.2, 0.25) is 0 Å². The molecular formula is C8H7BrClFO. The molecule has 0 atom stereocenters. The van der Waals surface area contributed by atoms with Gasteiger partial charge in [-0.05, 0) is 22.0 Å². The van der Waals surface area contributed by atoms with Crippen molar-refractivity contribution in [3.05, 3.63) is 28.0 Å². The van der Waals surface area contributed by atoms with Crippen LogP contribution in [-0.4, -0.2) is 7.11 Å². The van der Waals surface area contributed by atoms with Crippen LogP contribution in [0.5, 0.6) is 5.75 Å². The predicted molar refractivity (Wildman–Crippen MR) is 50.2 cm³/mol. The summed E-state index contributed by atoms with van der Waals surface area (Å²) in [4.78, 5) is 0. The molecule has 1 rings (SSSR count). The summed E-state index contributed by atoms with van der Waals surface area (Å²) in [6, 6.07) is 2.92. The van der Waals surface area contributed by atoms with E-state index in [9.17, 15) is 4.39 Å². The summed E-state index contributed by atoms with van der Waals surface area (Å²) >= 11 is 8.73. The van der Waals surface area contributed by atoms with E-state index in [1.54, 1.807) is 6.07 Å². The fourth-order valence-corrected chi connectivity index (χ4v) is 1.59. The third-order valence-corrected chi connectivity index (χ3v) is 2.37. The van der Waals surface area contributed by atoms with E-state index in [4.69, 9.17) is 16.3 Å². The van der Waals surface area contributed by atoms with Crippen LogP contribution in [0, 0.1) is 5.82 Å². The van der Waals surface area contributed by atoms with Gasteiger partial charge in [0.25, 0.3) is 0 Å². The number of benzene rings is 1. The van der Waals surface area contributed by atoms with Crippen molar-refractivity contribution in [3.8, 4) is 5.75 Å². The molecule has 0 saturated heterocycles. The van der Waals surface area contributed by atoms with Crippen molar-refractivity contribution in [2.45, 2.75) is 5.88 Å². The summed E-state index contributed by atoms with van der Waals surface area (Å²) in [6.45, 7) is 0. The van der Waals surface area contributed by atoms with E-state index in [1.165, 1.54) is 13.2 Å². The second-order valence-corrected chi connectivity index (χ2v) is 3.33. The average molecular weight is 253 g/mol. The van der Waals surface area contributed by atoms with Crippen LogP contribution >= 0.6 is 27.5 Å². The molecule has 0 fully saturated rings. The molecule has 12 heavy (non-hydrogen) atoms. The molecule has 0 radical (unpaired) electrons. The van der Waals surface area contributed by atoms with Gasteiger partial charge >= 0.3 is 0 Å².